The highest BCUT2D eigenvalue weighted by Crippen LogP contribution is 2.33. The van der Waals surface area contributed by atoms with Gasteiger partial charge in [-0.15, -0.1) is 0 Å². The molecule has 1 aliphatic rings. The van der Waals surface area contributed by atoms with Gasteiger partial charge in [0.1, 0.15) is 5.78 Å². The molecule has 130 valence electrons. The Balaban J connectivity index is 2.41. The highest BCUT2D eigenvalue weighted by Gasteiger charge is 2.31. The van der Waals surface area contributed by atoms with Gasteiger partial charge < -0.3 is 10.2 Å². The zero-order valence-corrected chi connectivity index (χ0v) is 14.1. The lowest BCUT2D eigenvalue weighted by Crippen LogP contribution is -2.13. The van der Waals surface area contributed by atoms with Crippen LogP contribution in [0.2, 0.25) is 0 Å². The van der Waals surface area contributed by atoms with E-state index in [0.717, 1.165) is 32.1 Å². The summed E-state index contributed by atoms with van der Waals surface area (Å²) in [6.45, 7) is 2.14. The summed E-state index contributed by atoms with van der Waals surface area (Å²) in [5.41, 5.74) is 0. The van der Waals surface area contributed by atoms with Gasteiger partial charge in [-0.25, -0.2) is 0 Å². The molecule has 0 aromatic carbocycles. The number of hydrogen-bond donors (Lipinski definition) is 2. The van der Waals surface area contributed by atoms with Crippen molar-refractivity contribution in [3.8, 4) is 0 Å². The Morgan fingerprint density at radius 3 is 2.83 bits per heavy atom. The number of aliphatic hydroxyl groups is 1. The van der Waals surface area contributed by atoms with Crippen molar-refractivity contribution < 1.29 is 19.8 Å². The Morgan fingerprint density at radius 1 is 1.35 bits per heavy atom. The molecule has 0 aliphatic heterocycles. The van der Waals surface area contributed by atoms with Gasteiger partial charge in [-0.2, -0.15) is 0 Å². The van der Waals surface area contributed by atoms with Crippen LogP contribution in [0.5, 0.6) is 0 Å². The molecular formula is C19H30O4. The van der Waals surface area contributed by atoms with Crippen LogP contribution in [-0.4, -0.2) is 28.1 Å². The summed E-state index contributed by atoms with van der Waals surface area (Å²) in [5, 5.41) is 18.5. The second-order valence-electron chi connectivity index (χ2n) is 6.36. The Kier molecular flexibility index (Phi) is 9.53. The van der Waals surface area contributed by atoms with Gasteiger partial charge in [-0.1, -0.05) is 50.5 Å². The van der Waals surface area contributed by atoms with E-state index in [1.165, 1.54) is 0 Å². The number of unbranched alkanes of at least 4 members (excludes halogenated alkanes) is 2. The quantitative estimate of drug-likeness (QED) is 0.447. The van der Waals surface area contributed by atoms with Gasteiger partial charge in [-0.3, -0.25) is 9.59 Å². The molecule has 0 amide bonds. The van der Waals surface area contributed by atoms with E-state index >= 15 is 0 Å². The van der Waals surface area contributed by atoms with E-state index in [-0.39, 0.29) is 24.0 Å². The number of aliphatic hydroxyl groups excluding tert-OH is 1. The lowest BCUT2D eigenvalue weighted by atomic mass is 9.91. The average Bonchev–Trinajstić information content (AvgIpc) is 2.85. The van der Waals surface area contributed by atoms with E-state index < -0.39 is 12.1 Å². The van der Waals surface area contributed by atoms with E-state index in [2.05, 4.69) is 6.92 Å². The maximum Gasteiger partial charge on any atom is 0.303 e. The highest BCUT2D eigenvalue weighted by atomic mass is 16.4. The largest absolute Gasteiger partial charge is 0.481 e. The molecule has 0 bridgehead atoms. The molecule has 1 saturated carbocycles. The lowest BCUT2D eigenvalue weighted by molar-refractivity contribution is -0.136. The van der Waals surface area contributed by atoms with Crippen molar-refractivity contribution in [3.63, 3.8) is 0 Å². The fourth-order valence-corrected chi connectivity index (χ4v) is 3.01. The molecule has 4 nitrogen and oxygen atoms in total. The van der Waals surface area contributed by atoms with Crippen LogP contribution in [0.3, 0.4) is 0 Å². The first kappa shape index (κ1) is 19.6. The van der Waals surface area contributed by atoms with Crippen molar-refractivity contribution in [2.75, 3.05) is 0 Å². The SMILES string of the molecule is CCCCCC(O)/C=C/C1CCC(=O)C1C/C=C/CCC(=O)O. The molecule has 0 aromatic rings. The lowest BCUT2D eigenvalue weighted by Gasteiger charge is -2.13. The fourth-order valence-electron chi connectivity index (χ4n) is 3.01. The van der Waals surface area contributed by atoms with Gasteiger partial charge in [0.05, 0.1) is 6.10 Å². The van der Waals surface area contributed by atoms with Crippen LogP contribution in [0.25, 0.3) is 0 Å². The molecule has 23 heavy (non-hydrogen) atoms. The maximum atomic E-state index is 12.0. The molecule has 3 atom stereocenters. The second kappa shape index (κ2) is 11.2. The molecule has 1 rings (SSSR count). The third-order valence-electron chi connectivity index (χ3n) is 4.42. The zero-order valence-electron chi connectivity index (χ0n) is 14.1. The third kappa shape index (κ3) is 8.12. The van der Waals surface area contributed by atoms with Crippen molar-refractivity contribution in [1.82, 2.24) is 0 Å². The van der Waals surface area contributed by atoms with Crippen LogP contribution in [0.1, 0.15) is 64.7 Å². The van der Waals surface area contributed by atoms with Crippen LogP contribution in [0, 0.1) is 11.8 Å². The summed E-state index contributed by atoms with van der Waals surface area (Å²) in [7, 11) is 0. The number of Topliss-reactive ketones (excluding diaryl/α,β-unsaturated/α-hetero) is 1. The van der Waals surface area contributed by atoms with Gasteiger partial charge in [0.25, 0.3) is 0 Å². The Hall–Kier alpha value is -1.42. The zero-order chi connectivity index (χ0) is 17.1. The van der Waals surface area contributed by atoms with Gasteiger partial charge in [0.2, 0.25) is 0 Å². The number of rotatable bonds is 11. The van der Waals surface area contributed by atoms with Gasteiger partial charge >= 0.3 is 5.97 Å². The number of carbonyl (C=O) groups excluding carboxylic acids is 1. The number of carboxylic acids is 1. The summed E-state index contributed by atoms with van der Waals surface area (Å²) in [5.74, 6) is -0.338. The predicted molar refractivity (Wildman–Crippen MR) is 91.1 cm³/mol. The standard InChI is InChI=1S/C19H30O4/c1-2-3-5-8-16(20)13-11-15-12-14-18(21)17(15)9-6-4-7-10-19(22)23/h4,6,11,13,15-17,20H,2-3,5,7-10,12,14H2,1H3,(H,22,23)/b6-4+,13-11+. The summed E-state index contributed by atoms with van der Waals surface area (Å²) >= 11 is 0. The van der Waals surface area contributed by atoms with E-state index in [4.69, 9.17) is 5.11 Å². The molecule has 3 unspecified atom stereocenters. The molecule has 0 saturated heterocycles. The topological polar surface area (TPSA) is 74.6 Å². The molecule has 0 heterocycles. The average molecular weight is 322 g/mol. The van der Waals surface area contributed by atoms with Gasteiger partial charge in [0, 0.05) is 18.8 Å². The van der Waals surface area contributed by atoms with Crippen LogP contribution in [0.4, 0.5) is 0 Å². The minimum Gasteiger partial charge on any atom is -0.481 e. The summed E-state index contributed by atoms with van der Waals surface area (Å²) < 4.78 is 0. The summed E-state index contributed by atoms with van der Waals surface area (Å²) in [6, 6.07) is 0. The third-order valence-corrected chi connectivity index (χ3v) is 4.42. The second-order valence-corrected chi connectivity index (χ2v) is 6.36. The van der Waals surface area contributed by atoms with Gasteiger partial charge in [-0.05, 0) is 31.6 Å². The van der Waals surface area contributed by atoms with Crippen molar-refractivity contribution in [3.05, 3.63) is 24.3 Å². The van der Waals surface area contributed by atoms with Gasteiger partial charge in [0.15, 0.2) is 0 Å². The van der Waals surface area contributed by atoms with E-state index in [1.54, 1.807) is 0 Å². The first-order valence-electron chi connectivity index (χ1n) is 8.80. The number of carboxylic acid groups (broad SMARTS) is 1. The number of ketones is 1. The van der Waals surface area contributed by atoms with Crippen LogP contribution in [0.15, 0.2) is 24.3 Å². The summed E-state index contributed by atoms with van der Waals surface area (Å²) in [6.07, 6.45) is 14.1. The number of allylic oxidation sites excluding steroid dienone is 3. The van der Waals surface area contributed by atoms with E-state index in [1.807, 2.05) is 24.3 Å². The normalized spacial score (nSPS) is 23.1. The summed E-state index contributed by atoms with van der Waals surface area (Å²) in [4.78, 5) is 22.4. The van der Waals surface area contributed by atoms with Crippen LogP contribution < -0.4 is 0 Å². The highest BCUT2D eigenvalue weighted by molar-refractivity contribution is 5.83. The van der Waals surface area contributed by atoms with E-state index in [9.17, 15) is 14.7 Å². The molecule has 0 spiro atoms. The van der Waals surface area contributed by atoms with Crippen molar-refractivity contribution in [2.24, 2.45) is 11.8 Å². The van der Waals surface area contributed by atoms with Crippen molar-refractivity contribution in [1.29, 1.82) is 0 Å². The predicted octanol–water partition coefficient (Wildman–Crippen LogP) is 3.89. The molecular weight excluding hydrogens is 292 g/mol. The molecule has 1 aliphatic carbocycles. The monoisotopic (exact) mass is 322 g/mol. The number of carbonyl (C=O) groups is 2. The molecule has 4 heteroatoms. The minimum absolute atomic E-state index is 0.0184. The maximum absolute atomic E-state index is 12.0. The molecule has 1 fully saturated rings. The minimum atomic E-state index is -0.801. The molecule has 0 aromatic heterocycles. The fraction of sp³-hybridized carbons (Fsp3) is 0.684. The van der Waals surface area contributed by atoms with Crippen LogP contribution in [-0.2, 0) is 9.59 Å². The van der Waals surface area contributed by atoms with Crippen molar-refractivity contribution >= 4 is 11.8 Å². The smallest absolute Gasteiger partial charge is 0.303 e. The molecule has 0 radical (unpaired) electrons. The first-order valence-corrected chi connectivity index (χ1v) is 8.80. The number of aliphatic carboxylic acids is 1. The Bertz CT molecular complexity index is 425. The van der Waals surface area contributed by atoms with Crippen LogP contribution >= 0.6 is 0 Å². The number of hydrogen-bond acceptors (Lipinski definition) is 3. The Morgan fingerprint density at radius 2 is 2.13 bits per heavy atom. The first-order chi connectivity index (χ1) is 11.0. The van der Waals surface area contributed by atoms with Crippen molar-refractivity contribution in [2.45, 2.75) is 70.8 Å². The Labute approximate surface area is 139 Å². The molecule has 2 N–H and O–H groups in total. The van der Waals surface area contributed by atoms with E-state index in [0.29, 0.717) is 19.3 Å².